The van der Waals surface area contributed by atoms with Crippen molar-refractivity contribution in [2.75, 3.05) is 0 Å². The molecule has 0 aromatic heterocycles. The van der Waals surface area contributed by atoms with Gasteiger partial charge in [0.1, 0.15) is 11.5 Å². The van der Waals surface area contributed by atoms with E-state index in [9.17, 15) is 10.2 Å². The largest absolute Gasteiger partial charge is 0.507 e. The number of benzene rings is 3. The molecule has 0 bridgehead atoms. The smallest absolute Gasteiger partial charge is 0.131 e. The third-order valence-electron chi connectivity index (χ3n) is 5.68. The molecule has 3 aromatic carbocycles. The molecular formula is C26H34O2. The monoisotopic (exact) mass is 378 g/mol. The van der Waals surface area contributed by atoms with Crippen LogP contribution in [-0.4, -0.2) is 10.2 Å². The molecule has 3 rings (SSSR count). The van der Waals surface area contributed by atoms with Crippen LogP contribution in [0.25, 0.3) is 21.5 Å². The van der Waals surface area contributed by atoms with Crippen LogP contribution in [0.15, 0.2) is 36.4 Å². The highest BCUT2D eigenvalue weighted by Gasteiger charge is 2.14. The highest BCUT2D eigenvalue weighted by Crippen LogP contribution is 2.42. The van der Waals surface area contributed by atoms with Crippen LogP contribution in [0.2, 0.25) is 0 Å². The second kappa shape index (κ2) is 8.86. The van der Waals surface area contributed by atoms with Crippen LogP contribution < -0.4 is 0 Å². The van der Waals surface area contributed by atoms with Gasteiger partial charge in [-0.3, -0.25) is 0 Å². The van der Waals surface area contributed by atoms with Gasteiger partial charge < -0.3 is 10.2 Å². The molecule has 28 heavy (non-hydrogen) atoms. The molecule has 2 heteroatoms. The first kappa shape index (κ1) is 20.5. The van der Waals surface area contributed by atoms with Gasteiger partial charge in [0.15, 0.2) is 0 Å². The van der Waals surface area contributed by atoms with Crippen LogP contribution in [0, 0.1) is 11.8 Å². The van der Waals surface area contributed by atoms with Crippen molar-refractivity contribution in [2.45, 2.75) is 66.2 Å². The second-order valence-electron chi connectivity index (χ2n) is 9.03. The Morgan fingerprint density at radius 2 is 1.00 bits per heavy atom. The lowest BCUT2D eigenvalue weighted by atomic mass is 9.94. The topological polar surface area (TPSA) is 40.5 Å². The Labute approximate surface area is 169 Å². The molecule has 0 radical (unpaired) electrons. The van der Waals surface area contributed by atoms with Crippen LogP contribution in [-0.2, 0) is 12.8 Å². The molecule has 0 aliphatic rings. The van der Waals surface area contributed by atoms with Crippen molar-refractivity contribution in [2.24, 2.45) is 11.8 Å². The van der Waals surface area contributed by atoms with Gasteiger partial charge in [0.2, 0.25) is 0 Å². The summed E-state index contributed by atoms with van der Waals surface area (Å²) < 4.78 is 0. The predicted molar refractivity (Wildman–Crippen MR) is 120 cm³/mol. The molecule has 0 amide bonds. The van der Waals surface area contributed by atoms with Gasteiger partial charge in [-0.25, -0.2) is 0 Å². The summed E-state index contributed by atoms with van der Waals surface area (Å²) in [6.45, 7) is 8.98. The lowest BCUT2D eigenvalue weighted by Crippen LogP contribution is -1.92. The molecule has 2 nitrogen and oxygen atoms in total. The first-order valence-corrected chi connectivity index (χ1v) is 10.8. The van der Waals surface area contributed by atoms with E-state index >= 15 is 0 Å². The molecule has 3 aromatic rings. The standard InChI is InChI=1S/C26H34O2/c1-17(2)7-5-9-19-11-13-21-23(15-19)26(28)24-16-20(10-6-8-18(3)4)12-14-22(24)25(21)27/h11-18,27-28H,5-10H2,1-4H3. The van der Waals surface area contributed by atoms with E-state index in [1.807, 2.05) is 12.1 Å². The Balaban J connectivity index is 1.96. The lowest BCUT2D eigenvalue weighted by Gasteiger charge is -2.13. The summed E-state index contributed by atoms with van der Waals surface area (Å²) in [5, 5.41) is 24.8. The average Bonchev–Trinajstić information content (AvgIpc) is 2.65. The molecule has 0 spiro atoms. The zero-order valence-corrected chi connectivity index (χ0v) is 17.8. The summed E-state index contributed by atoms with van der Waals surface area (Å²) in [5.74, 6) is 1.97. The van der Waals surface area contributed by atoms with Gasteiger partial charge in [0, 0.05) is 21.5 Å². The summed E-state index contributed by atoms with van der Waals surface area (Å²) in [5.41, 5.74) is 2.44. The van der Waals surface area contributed by atoms with Crippen LogP contribution in [0.5, 0.6) is 11.5 Å². The van der Waals surface area contributed by atoms with Crippen LogP contribution in [0.4, 0.5) is 0 Å². The fourth-order valence-corrected chi connectivity index (χ4v) is 4.02. The maximum atomic E-state index is 11.0. The maximum Gasteiger partial charge on any atom is 0.131 e. The van der Waals surface area contributed by atoms with E-state index in [4.69, 9.17) is 0 Å². The van der Waals surface area contributed by atoms with E-state index in [-0.39, 0.29) is 5.75 Å². The van der Waals surface area contributed by atoms with Crippen molar-refractivity contribution in [3.63, 3.8) is 0 Å². The molecule has 0 unspecified atom stereocenters. The Bertz CT molecular complexity index is 879. The third-order valence-corrected chi connectivity index (χ3v) is 5.68. The van der Waals surface area contributed by atoms with Crippen LogP contribution in [0.1, 0.15) is 64.5 Å². The molecule has 0 atom stereocenters. The Kier molecular flexibility index (Phi) is 6.49. The van der Waals surface area contributed by atoms with E-state index in [0.717, 1.165) is 47.2 Å². The maximum absolute atomic E-state index is 11.0. The first-order valence-electron chi connectivity index (χ1n) is 10.8. The van der Waals surface area contributed by atoms with Crippen molar-refractivity contribution >= 4 is 21.5 Å². The van der Waals surface area contributed by atoms with E-state index in [1.165, 1.54) is 24.0 Å². The Hall–Kier alpha value is -2.22. The summed E-state index contributed by atoms with van der Waals surface area (Å²) in [4.78, 5) is 0. The Morgan fingerprint density at radius 1 is 0.607 bits per heavy atom. The van der Waals surface area contributed by atoms with Crippen LogP contribution in [0.3, 0.4) is 0 Å². The number of hydrogen-bond donors (Lipinski definition) is 2. The molecule has 2 N–H and O–H groups in total. The molecular weight excluding hydrogens is 344 g/mol. The predicted octanol–water partition coefficient (Wildman–Crippen LogP) is 7.36. The SMILES string of the molecule is CC(C)CCCc1ccc2c(O)c3ccc(CCCC(C)C)cc3c(O)c2c1. The van der Waals surface area contributed by atoms with Crippen molar-refractivity contribution in [1.29, 1.82) is 0 Å². The fourth-order valence-electron chi connectivity index (χ4n) is 4.02. The van der Waals surface area contributed by atoms with Gasteiger partial charge in [-0.05, 0) is 60.8 Å². The lowest BCUT2D eigenvalue weighted by molar-refractivity contribution is 0.478. The number of hydrogen-bond acceptors (Lipinski definition) is 2. The fraction of sp³-hybridized carbons (Fsp3) is 0.462. The van der Waals surface area contributed by atoms with E-state index < -0.39 is 0 Å². The first-order chi connectivity index (χ1) is 13.4. The summed E-state index contributed by atoms with van der Waals surface area (Å²) >= 11 is 0. The molecule has 0 aliphatic heterocycles. The molecule has 0 saturated carbocycles. The van der Waals surface area contributed by atoms with Crippen molar-refractivity contribution in [1.82, 2.24) is 0 Å². The van der Waals surface area contributed by atoms with Gasteiger partial charge in [-0.15, -0.1) is 0 Å². The number of aryl methyl sites for hydroxylation is 2. The summed E-state index contributed by atoms with van der Waals surface area (Å²) in [7, 11) is 0. The molecule has 150 valence electrons. The molecule has 0 heterocycles. The van der Waals surface area contributed by atoms with E-state index in [1.54, 1.807) is 0 Å². The minimum absolute atomic E-state index is 0.269. The zero-order valence-electron chi connectivity index (χ0n) is 17.8. The zero-order chi connectivity index (χ0) is 20.3. The minimum Gasteiger partial charge on any atom is -0.507 e. The van der Waals surface area contributed by atoms with Crippen molar-refractivity contribution in [3.8, 4) is 11.5 Å². The van der Waals surface area contributed by atoms with Crippen molar-refractivity contribution < 1.29 is 10.2 Å². The highest BCUT2D eigenvalue weighted by atomic mass is 16.3. The van der Waals surface area contributed by atoms with Crippen molar-refractivity contribution in [3.05, 3.63) is 47.5 Å². The van der Waals surface area contributed by atoms with E-state index in [0.29, 0.717) is 17.6 Å². The van der Waals surface area contributed by atoms with Gasteiger partial charge in [0.05, 0.1) is 0 Å². The van der Waals surface area contributed by atoms with E-state index in [2.05, 4.69) is 52.0 Å². The van der Waals surface area contributed by atoms with Crippen LogP contribution >= 0.6 is 0 Å². The normalized spacial score (nSPS) is 11.9. The average molecular weight is 379 g/mol. The Morgan fingerprint density at radius 3 is 1.39 bits per heavy atom. The summed E-state index contributed by atoms with van der Waals surface area (Å²) in [6.07, 6.45) is 6.69. The number of phenolic OH excluding ortho intramolecular Hbond substituents is 2. The number of rotatable bonds is 8. The second-order valence-corrected chi connectivity index (χ2v) is 9.03. The number of phenols is 2. The van der Waals surface area contributed by atoms with Gasteiger partial charge in [-0.1, -0.05) is 64.8 Å². The molecule has 0 aliphatic carbocycles. The van der Waals surface area contributed by atoms with Gasteiger partial charge >= 0.3 is 0 Å². The summed E-state index contributed by atoms with van der Waals surface area (Å²) in [6, 6.07) is 12.2. The third kappa shape index (κ3) is 4.60. The molecule has 0 fully saturated rings. The highest BCUT2D eigenvalue weighted by molar-refractivity contribution is 6.10. The van der Waals surface area contributed by atoms with Gasteiger partial charge in [0.25, 0.3) is 0 Å². The molecule has 0 saturated heterocycles. The number of aromatic hydroxyl groups is 2. The van der Waals surface area contributed by atoms with Gasteiger partial charge in [-0.2, -0.15) is 0 Å². The minimum atomic E-state index is 0.269. The quantitative estimate of drug-likeness (QED) is 0.317. The number of fused-ring (bicyclic) bond motifs is 2.